The Morgan fingerprint density at radius 3 is 2.40 bits per heavy atom. The number of hydrogen-bond acceptors (Lipinski definition) is 0. The molecule has 0 aliphatic heterocycles. The molecule has 0 spiro atoms. The lowest BCUT2D eigenvalue weighted by atomic mass is 9.60. The van der Waals surface area contributed by atoms with E-state index in [0.717, 1.165) is 29.6 Å². The largest absolute Gasteiger partial charge is 0.0625 e. The predicted octanol–water partition coefficient (Wildman–Crippen LogP) is 6.30. The quantitative estimate of drug-likeness (QED) is 0.527. The van der Waals surface area contributed by atoms with Crippen molar-refractivity contribution in [3.05, 3.63) is 0 Å². The Bertz CT molecular complexity index is 357. The summed E-state index contributed by atoms with van der Waals surface area (Å²) in [5.74, 6) is 4.91. The van der Waals surface area contributed by atoms with E-state index in [1.54, 1.807) is 6.42 Å². The van der Waals surface area contributed by atoms with E-state index in [4.69, 9.17) is 0 Å². The Hall–Kier alpha value is 0. The van der Waals surface area contributed by atoms with Gasteiger partial charge in [0.15, 0.2) is 0 Å². The lowest BCUT2D eigenvalue weighted by Gasteiger charge is -2.45. The summed E-state index contributed by atoms with van der Waals surface area (Å²) < 4.78 is 0. The zero-order valence-corrected chi connectivity index (χ0v) is 14.5. The topological polar surface area (TPSA) is 0 Å². The predicted molar refractivity (Wildman–Crippen MR) is 87.6 cm³/mol. The molecule has 3 saturated carbocycles. The van der Waals surface area contributed by atoms with Crippen LogP contribution in [0.25, 0.3) is 0 Å². The van der Waals surface area contributed by atoms with Crippen LogP contribution in [-0.2, 0) is 0 Å². The van der Waals surface area contributed by atoms with Gasteiger partial charge >= 0.3 is 0 Å². The molecule has 0 saturated heterocycles. The van der Waals surface area contributed by atoms with Crippen LogP contribution in [-0.4, -0.2) is 0 Å². The molecule has 0 nitrogen and oxygen atoms in total. The van der Waals surface area contributed by atoms with Crippen molar-refractivity contribution in [1.82, 2.24) is 0 Å². The smallest absolute Gasteiger partial charge is 0.0266 e. The maximum Gasteiger partial charge on any atom is -0.0266 e. The van der Waals surface area contributed by atoms with Crippen LogP contribution in [0.2, 0.25) is 0 Å². The van der Waals surface area contributed by atoms with E-state index in [1.807, 2.05) is 0 Å². The lowest BCUT2D eigenvalue weighted by Crippen LogP contribution is -2.35. The highest BCUT2D eigenvalue weighted by molar-refractivity contribution is 5.03. The molecule has 0 amide bonds. The van der Waals surface area contributed by atoms with Gasteiger partial charge in [-0.1, -0.05) is 47.5 Å². The van der Waals surface area contributed by atoms with Crippen LogP contribution in [0, 0.1) is 40.4 Å². The van der Waals surface area contributed by atoms with Gasteiger partial charge in [0.25, 0.3) is 0 Å². The fourth-order valence-electron chi connectivity index (χ4n) is 6.80. The minimum Gasteiger partial charge on any atom is -0.0625 e. The standard InChI is InChI=1S/C20H36/c1-14(2)17-9-8-16-13-18-15(3)7-6-10-19(18,4)11-12-20(16,17)5/h14-18H,6-13H2,1-5H3/t15?,16?,17-,18?,19+,20+/m1/s1. The SMILES string of the molecule is CC1CCC[C@@]2(C)CC[C@@]3(C)C(CC[C@@H]3C(C)C)CC12. The molecular weight excluding hydrogens is 240 g/mol. The second-order valence-corrected chi connectivity index (χ2v) is 9.50. The molecule has 0 bridgehead atoms. The number of rotatable bonds is 1. The van der Waals surface area contributed by atoms with E-state index in [9.17, 15) is 0 Å². The van der Waals surface area contributed by atoms with Gasteiger partial charge in [0.2, 0.25) is 0 Å². The molecule has 0 heteroatoms. The van der Waals surface area contributed by atoms with Gasteiger partial charge in [0.05, 0.1) is 0 Å². The Labute approximate surface area is 127 Å². The van der Waals surface area contributed by atoms with E-state index >= 15 is 0 Å². The van der Waals surface area contributed by atoms with Gasteiger partial charge in [-0.15, -0.1) is 0 Å². The molecule has 3 aliphatic rings. The molecule has 3 aliphatic carbocycles. The first-order chi connectivity index (χ1) is 9.37. The molecule has 20 heavy (non-hydrogen) atoms. The summed E-state index contributed by atoms with van der Waals surface area (Å²) in [5.41, 5.74) is 1.33. The molecule has 3 unspecified atom stereocenters. The first-order valence-corrected chi connectivity index (χ1v) is 9.37. The average molecular weight is 277 g/mol. The fourth-order valence-corrected chi connectivity index (χ4v) is 6.80. The Kier molecular flexibility index (Phi) is 3.75. The van der Waals surface area contributed by atoms with E-state index in [1.165, 1.54) is 44.9 Å². The van der Waals surface area contributed by atoms with Gasteiger partial charge in [0, 0.05) is 0 Å². The van der Waals surface area contributed by atoms with Crippen LogP contribution < -0.4 is 0 Å². The Morgan fingerprint density at radius 2 is 1.70 bits per heavy atom. The van der Waals surface area contributed by atoms with Gasteiger partial charge in [-0.25, -0.2) is 0 Å². The van der Waals surface area contributed by atoms with Crippen LogP contribution in [0.15, 0.2) is 0 Å². The van der Waals surface area contributed by atoms with Gasteiger partial charge in [0.1, 0.15) is 0 Å². The first-order valence-electron chi connectivity index (χ1n) is 9.37. The highest BCUT2D eigenvalue weighted by atomic mass is 14.6. The summed E-state index contributed by atoms with van der Waals surface area (Å²) in [4.78, 5) is 0. The molecule has 3 fully saturated rings. The molecule has 0 radical (unpaired) electrons. The van der Waals surface area contributed by atoms with E-state index in [-0.39, 0.29) is 0 Å². The normalized spacial score (nSPS) is 52.5. The van der Waals surface area contributed by atoms with E-state index in [0.29, 0.717) is 10.8 Å². The summed E-state index contributed by atoms with van der Waals surface area (Å²) in [7, 11) is 0. The minimum absolute atomic E-state index is 0.661. The van der Waals surface area contributed by atoms with Crippen molar-refractivity contribution in [3.8, 4) is 0 Å². The summed E-state index contributed by atoms with van der Waals surface area (Å²) in [5, 5.41) is 0. The zero-order valence-electron chi connectivity index (χ0n) is 14.5. The number of hydrogen-bond donors (Lipinski definition) is 0. The molecule has 0 heterocycles. The second kappa shape index (κ2) is 5.03. The third-order valence-corrected chi connectivity index (χ3v) is 8.17. The fraction of sp³-hybridized carbons (Fsp3) is 1.00. The summed E-state index contributed by atoms with van der Waals surface area (Å²) in [6, 6.07) is 0. The second-order valence-electron chi connectivity index (χ2n) is 9.50. The van der Waals surface area contributed by atoms with Crippen molar-refractivity contribution in [2.24, 2.45) is 40.4 Å². The molecular formula is C20H36. The van der Waals surface area contributed by atoms with Crippen LogP contribution >= 0.6 is 0 Å². The monoisotopic (exact) mass is 276 g/mol. The number of fused-ring (bicyclic) bond motifs is 2. The van der Waals surface area contributed by atoms with Crippen LogP contribution in [0.1, 0.15) is 86.0 Å². The molecule has 0 N–H and O–H groups in total. The van der Waals surface area contributed by atoms with Crippen molar-refractivity contribution in [3.63, 3.8) is 0 Å². The zero-order chi connectivity index (χ0) is 14.5. The van der Waals surface area contributed by atoms with Gasteiger partial charge in [-0.3, -0.25) is 0 Å². The van der Waals surface area contributed by atoms with Crippen LogP contribution in [0.4, 0.5) is 0 Å². The molecule has 0 aromatic carbocycles. The van der Waals surface area contributed by atoms with Crippen LogP contribution in [0.5, 0.6) is 0 Å². The van der Waals surface area contributed by atoms with Crippen molar-refractivity contribution >= 4 is 0 Å². The maximum atomic E-state index is 2.67. The lowest BCUT2D eigenvalue weighted by molar-refractivity contribution is 0.0513. The van der Waals surface area contributed by atoms with Crippen molar-refractivity contribution in [1.29, 1.82) is 0 Å². The molecule has 3 rings (SSSR count). The maximum absolute atomic E-state index is 2.67. The van der Waals surface area contributed by atoms with E-state index in [2.05, 4.69) is 34.6 Å². The van der Waals surface area contributed by atoms with Crippen molar-refractivity contribution < 1.29 is 0 Å². The Balaban J connectivity index is 1.88. The summed E-state index contributed by atoms with van der Waals surface area (Å²) >= 11 is 0. The molecule has 0 aromatic rings. The third kappa shape index (κ3) is 2.17. The average Bonchev–Trinajstić information content (AvgIpc) is 2.64. The highest BCUT2D eigenvalue weighted by Gasteiger charge is 2.53. The molecule has 6 atom stereocenters. The highest BCUT2D eigenvalue weighted by Crippen LogP contribution is 2.63. The summed E-state index contributed by atoms with van der Waals surface area (Å²) in [6.45, 7) is 12.8. The van der Waals surface area contributed by atoms with Crippen molar-refractivity contribution in [2.75, 3.05) is 0 Å². The molecule has 116 valence electrons. The summed E-state index contributed by atoms with van der Waals surface area (Å²) in [6.07, 6.45) is 12.1. The Morgan fingerprint density at radius 1 is 0.950 bits per heavy atom. The van der Waals surface area contributed by atoms with Gasteiger partial charge in [-0.2, -0.15) is 0 Å². The minimum atomic E-state index is 0.661. The van der Waals surface area contributed by atoms with Crippen LogP contribution in [0.3, 0.4) is 0 Å². The van der Waals surface area contributed by atoms with Crippen molar-refractivity contribution in [2.45, 2.75) is 86.0 Å². The third-order valence-electron chi connectivity index (χ3n) is 8.17. The first kappa shape index (κ1) is 14.9. The van der Waals surface area contributed by atoms with Gasteiger partial charge in [-0.05, 0) is 78.9 Å². The van der Waals surface area contributed by atoms with Gasteiger partial charge < -0.3 is 0 Å². The molecule has 0 aromatic heterocycles. The van der Waals surface area contributed by atoms with E-state index < -0.39 is 0 Å².